The number of ketones is 1. The SMILES string of the molecule is O=C1NCC2=C(C=CC(C(=O)CCN3CCC(Cc4ccccc4)CC3)C2)N1. The van der Waals surface area contributed by atoms with E-state index in [4.69, 9.17) is 0 Å². The van der Waals surface area contributed by atoms with Gasteiger partial charge in [0.2, 0.25) is 0 Å². The molecule has 0 saturated carbocycles. The number of benzene rings is 1. The largest absolute Gasteiger partial charge is 0.334 e. The van der Waals surface area contributed by atoms with Crippen molar-refractivity contribution in [2.75, 3.05) is 26.2 Å². The van der Waals surface area contributed by atoms with Crippen molar-refractivity contribution in [2.45, 2.75) is 32.1 Å². The maximum atomic E-state index is 12.7. The molecule has 0 aromatic heterocycles. The highest BCUT2D eigenvalue weighted by molar-refractivity contribution is 5.85. The van der Waals surface area contributed by atoms with Gasteiger partial charge >= 0.3 is 6.03 Å². The number of amides is 2. The van der Waals surface area contributed by atoms with Crippen molar-refractivity contribution in [3.8, 4) is 0 Å². The molecule has 3 aliphatic rings. The summed E-state index contributed by atoms with van der Waals surface area (Å²) in [6, 6.07) is 10.6. The van der Waals surface area contributed by atoms with Crippen LogP contribution >= 0.6 is 0 Å². The van der Waals surface area contributed by atoms with Crippen molar-refractivity contribution in [3.63, 3.8) is 0 Å². The summed E-state index contributed by atoms with van der Waals surface area (Å²) in [5.74, 6) is 1.02. The molecular weight excluding hydrogens is 350 g/mol. The van der Waals surface area contributed by atoms with Gasteiger partial charge in [-0.2, -0.15) is 0 Å². The summed E-state index contributed by atoms with van der Waals surface area (Å²) >= 11 is 0. The van der Waals surface area contributed by atoms with Crippen molar-refractivity contribution < 1.29 is 9.59 Å². The number of likely N-dealkylation sites (tertiary alicyclic amines) is 1. The Bertz CT molecular complexity index is 776. The van der Waals surface area contributed by atoms with Gasteiger partial charge in [0.15, 0.2) is 0 Å². The highest BCUT2D eigenvalue weighted by Crippen LogP contribution is 2.26. The average molecular weight is 380 g/mol. The summed E-state index contributed by atoms with van der Waals surface area (Å²) in [6.45, 7) is 3.60. The van der Waals surface area contributed by atoms with Crippen molar-refractivity contribution in [1.82, 2.24) is 15.5 Å². The summed E-state index contributed by atoms with van der Waals surface area (Å²) in [5, 5.41) is 5.59. The van der Waals surface area contributed by atoms with E-state index in [1.807, 2.05) is 12.2 Å². The fourth-order valence-electron chi connectivity index (χ4n) is 4.46. The lowest BCUT2D eigenvalue weighted by molar-refractivity contribution is -0.121. The first-order valence-electron chi connectivity index (χ1n) is 10.4. The standard InChI is InChI=1S/C23H29N3O2/c27-22(19-6-7-21-20(15-19)16-24-23(28)25-21)10-13-26-11-8-18(9-12-26)14-17-4-2-1-3-5-17/h1-7,18-19H,8-16H2,(H2,24,25,28). The fourth-order valence-corrected chi connectivity index (χ4v) is 4.46. The van der Waals surface area contributed by atoms with Gasteiger partial charge in [0.1, 0.15) is 5.78 Å². The summed E-state index contributed by atoms with van der Waals surface area (Å²) in [5.41, 5.74) is 3.43. The van der Waals surface area contributed by atoms with Gasteiger partial charge in [0, 0.05) is 31.1 Å². The third kappa shape index (κ3) is 4.71. The molecule has 2 heterocycles. The van der Waals surface area contributed by atoms with E-state index in [1.54, 1.807) is 0 Å². The molecule has 2 N–H and O–H groups in total. The van der Waals surface area contributed by atoms with Crippen LogP contribution in [0.25, 0.3) is 0 Å². The average Bonchev–Trinajstić information content (AvgIpc) is 2.73. The topological polar surface area (TPSA) is 61.4 Å². The first kappa shape index (κ1) is 18.9. The molecule has 5 nitrogen and oxygen atoms in total. The van der Waals surface area contributed by atoms with Crippen LogP contribution in [0, 0.1) is 11.8 Å². The number of nitrogens with zero attached hydrogens (tertiary/aromatic N) is 1. The van der Waals surface area contributed by atoms with Crippen LogP contribution < -0.4 is 10.6 Å². The molecule has 5 heteroatoms. The summed E-state index contributed by atoms with van der Waals surface area (Å²) < 4.78 is 0. The van der Waals surface area contributed by atoms with Gasteiger partial charge in [-0.05, 0) is 61.9 Å². The first-order valence-corrected chi connectivity index (χ1v) is 10.4. The van der Waals surface area contributed by atoms with Crippen LogP contribution in [0.5, 0.6) is 0 Å². The van der Waals surface area contributed by atoms with Crippen molar-refractivity contribution in [1.29, 1.82) is 0 Å². The molecule has 1 aliphatic carbocycles. The second-order valence-corrected chi connectivity index (χ2v) is 8.19. The Kier molecular flexibility index (Phi) is 5.91. The van der Waals surface area contributed by atoms with Gasteiger partial charge in [-0.15, -0.1) is 0 Å². The number of carbonyl (C=O) groups is 2. The minimum atomic E-state index is -0.163. The predicted molar refractivity (Wildman–Crippen MR) is 110 cm³/mol. The number of rotatable bonds is 6. The van der Waals surface area contributed by atoms with Gasteiger partial charge in [-0.1, -0.05) is 36.4 Å². The summed E-state index contributed by atoms with van der Waals surface area (Å²) in [6.07, 6.45) is 8.79. The Labute approximate surface area is 166 Å². The van der Waals surface area contributed by atoms with Crippen LogP contribution in [0.2, 0.25) is 0 Å². The van der Waals surface area contributed by atoms with E-state index >= 15 is 0 Å². The number of carbonyl (C=O) groups excluding carboxylic acids is 2. The quantitative estimate of drug-likeness (QED) is 0.799. The predicted octanol–water partition coefficient (Wildman–Crippen LogP) is 3.04. The second kappa shape index (κ2) is 8.74. The third-order valence-electron chi connectivity index (χ3n) is 6.22. The fraction of sp³-hybridized carbons (Fsp3) is 0.478. The first-order chi connectivity index (χ1) is 13.7. The summed E-state index contributed by atoms with van der Waals surface area (Å²) in [4.78, 5) is 26.5. The second-order valence-electron chi connectivity index (χ2n) is 8.19. The Morgan fingerprint density at radius 1 is 1.14 bits per heavy atom. The highest BCUT2D eigenvalue weighted by Gasteiger charge is 2.26. The van der Waals surface area contributed by atoms with Crippen LogP contribution in [0.4, 0.5) is 4.79 Å². The van der Waals surface area contributed by atoms with Crippen LogP contribution in [0.15, 0.2) is 53.8 Å². The van der Waals surface area contributed by atoms with E-state index in [0.717, 1.165) is 43.2 Å². The van der Waals surface area contributed by atoms with Crippen molar-refractivity contribution in [3.05, 3.63) is 59.3 Å². The number of nitrogens with one attached hydrogen (secondary N) is 2. The molecule has 28 heavy (non-hydrogen) atoms. The molecular formula is C23H29N3O2. The normalized spacial score (nSPS) is 23.1. The van der Waals surface area contributed by atoms with Gasteiger partial charge in [0.25, 0.3) is 0 Å². The number of urea groups is 1. The Hall–Kier alpha value is -2.40. The van der Waals surface area contributed by atoms with Crippen molar-refractivity contribution in [2.24, 2.45) is 11.8 Å². The Balaban J connectivity index is 1.19. The van der Waals surface area contributed by atoms with Crippen molar-refractivity contribution >= 4 is 11.8 Å². The maximum absolute atomic E-state index is 12.7. The molecule has 2 aliphatic heterocycles. The third-order valence-corrected chi connectivity index (χ3v) is 6.22. The van der Waals surface area contributed by atoms with Crippen LogP contribution in [0.3, 0.4) is 0 Å². The molecule has 1 aromatic carbocycles. The van der Waals surface area contributed by atoms with E-state index in [-0.39, 0.29) is 11.9 Å². The lowest BCUT2D eigenvalue weighted by Crippen LogP contribution is -2.43. The molecule has 0 radical (unpaired) electrons. The minimum Gasteiger partial charge on any atom is -0.334 e. The number of hydrogen-bond acceptors (Lipinski definition) is 3. The van der Waals surface area contributed by atoms with E-state index < -0.39 is 0 Å². The van der Waals surface area contributed by atoms with Crippen LogP contribution in [0.1, 0.15) is 31.2 Å². The molecule has 1 aromatic rings. The maximum Gasteiger partial charge on any atom is 0.319 e. The van der Waals surface area contributed by atoms with E-state index in [2.05, 4.69) is 45.9 Å². The van der Waals surface area contributed by atoms with Gasteiger partial charge in [-0.25, -0.2) is 4.79 Å². The molecule has 1 unspecified atom stereocenters. The Morgan fingerprint density at radius 3 is 2.71 bits per heavy atom. The van der Waals surface area contributed by atoms with Gasteiger partial charge in [-0.3, -0.25) is 4.79 Å². The van der Waals surface area contributed by atoms with E-state index in [9.17, 15) is 9.59 Å². The zero-order chi connectivity index (χ0) is 19.3. The highest BCUT2D eigenvalue weighted by atomic mass is 16.2. The molecule has 0 spiro atoms. The Morgan fingerprint density at radius 2 is 1.93 bits per heavy atom. The number of hydrogen-bond donors (Lipinski definition) is 2. The molecule has 1 fully saturated rings. The molecule has 148 valence electrons. The summed E-state index contributed by atoms with van der Waals surface area (Å²) in [7, 11) is 0. The van der Waals surface area contributed by atoms with E-state index in [1.165, 1.54) is 24.8 Å². The van der Waals surface area contributed by atoms with E-state index in [0.29, 0.717) is 18.7 Å². The number of Topliss-reactive ketones (excluding diaryl/α,β-unsaturated/α-hetero) is 1. The molecule has 2 amide bonds. The molecule has 1 atom stereocenters. The monoisotopic (exact) mass is 379 g/mol. The number of allylic oxidation sites excluding steroid dienone is 2. The molecule has 1 saturated heterocycles. The number of piperidine rings is 1. The molecule has 0 bridgehead atoms. The van der Waals surface area contributed by atoms with Gasteiger partial charge in [0.05, 0.1) is 0 Å². The zero-order valence-electron chi connectivity index (χ0n) is 16.3. The smallest absolute Gasteiger partial charge is 0.319 e. The van der Waals surface area contributed by atoms with Crippen LogP contribution in [-0.4, -0.2) is 42.9 Å². The zero-order valence-corrected chi connectivity index (χ0v) is 16.3. The van der Waals surface area contributed by atoms with Crippen LogP contribution in [-0.2, 0) is 11.2 Å². The van der Waals surface area contributed by atoms with Gasteiger partial charge < -0.3 is 15.5 Å². The lowest BCUT2D eigenvalue weighted by Gasteiger charge is -2.32. The molecule has 4 rings (SSSR count). The lowest BCUT2D eigenvalue weighted by atomic mass is 9.87. The minimum absolute atomic E-state index is 0.0498.